The zero-order valence-electron chi connectivity index (χ0n) is 12.0. The molecule has 102 valence electrons. The first-order valence-corrected chi connectivity index (χ1v) is 7.03. The van der Waals surface area contributed by atoms with Gasteiger partial charge in [0, 0.05) is 12.6 Å². The Labute approximate surface area is 115 Å². The van der Waals surface area contributed by atoms with Crippen molar-refractivity contribution < 1.29 is 4.74 Å². The summed E-state index contributed by atoms with van der Waals surface area (Å²) in [6.07, 6.45) is 6.64. The summed E-state index contributed by atoms with van der Waals surface area (Å²) in [5.41, 5.74) is 5.23. The number of aryl methyl sites for hydroxylation is 2. The van der Waals surface area contributed by atoms with Gasteiger partial charge in [-0.2, -0.15) is 0 Å². The first kappa shape index (κ1) is 13.7. The highest BCUT2D eigenvalue weighted by Gasteiger charge is 2.11. The summed E-state index contributed by atoms with van der Waals surface area (Å²) in [5.74, 6) is 0.988. The van der Waals surface area contributed by atoms with Crippen LogP contribution >= 0.6 is 0 Å². The van der Waals surface area contributed by atoms with Gasteiger partial charge in [-0.3, -0.25) is 0 Å². The Balaban J connectivity index is 2.39. The molecule has 1 heterocycles. The van der Waals surface area contributed by atoms with Gasteiger partial charge in [-0.25, -0.2) is 4.98 Å². The minimum atomic E-state index is 0.713. The van der Waals surface area contributed by atoms with E-state index in [2.05, 4.69) is 35.9 Å². The third-order valence-corrected chi connectivity index (χ3v) is 3.39. The van der Waals surface area contributed by atoms with Crippen LogP contribution in [0.25, 0.3) is 0 Å². The van der Waals surface area contributed by atoms with Crippen LogP contribution in [0.1, 0.15) is 43.2 Å². The molecule has 19 heavy (non-hydrogen) atoms. The molecule has 3 nitrogen and oxygen atoms in total. The third-order valence-electron chi connectivity index (χ3n) is 3.39. The Kier molecular flexibility index (Phi) is 4.61. The first-order valence-electron chi connectivity index (χ1n) is 7.03. The van der Waals surface area contributed by atoms with Crippen LogP contribution in [-0.2, 0) is 19.3 Å². The van der Waals surface area contributed by atoms with E-state index in [0.717, 1.165) is 30.7 Å². The van der Waals surface area contributed by atoms with E-state index in [9.17, 15) is 0 Å². The second kappa shape index (κ2) is 6.41. The molecule has 0 amide bonds. The second-order valence-electron chi connectivity index (χ2n) is 4.60. The zero-order valence-corrected chi connectivity index (χ0v) is 12.0. The van der Waals surface area contributed by atoms with Crippen LogP contribution in [0.3, 0.4) is 0 Å². The molecule has 1 aromatic carbocycles. The highest BCUT2D eigenvalue weighted by atomic mass is 16.5. The first-order chi connectivity index (χ1) is 9.28. The maximum atomic E-state index is 5.66. The van der Waals surface area contributed by atoms with Gasteiger partial charge in [0.15, 0.2) is 0 Å². The average molecular weight is 258 g/mol. The fourth-order valence-corrected chi connectivity index (χ4v) is 2.44. The van der Waals surface area contributed by atoms with Crippen molar-refractivity contribution in [3.05, 3.63) is 47.0 Å². The van der Waals surface area contributed by atoms with Gasteiger partial charge in [0.25, 0.3) is 0 Å². The summed E-state index contributed by atoms with van der Waals surface area (Å²) < 4.78 is 5.66. The molecule has 0 aliphatic heterocycles. The number of aromatic amines is 1. The van der Waals surface area contributed by atoms with Gasteiger partial charge in [-0.05, 0) is 48.6 Å². The second-order valence-corrected chi connectivity index (χ2v) is 4.60. The van der Waals surface area contributed by atoms with Crippen molar-refractivity contribution in [3.8, 4) is 5.75 Å². The Morgan fingerprint density at radius 3 is 2.26 bits per heavy atom. The number of hydrogen-bond acceptors (Lipinski definition) is 2. The lowest BCUT2D eigenvalue weighted by atomic mass is 9.93. The molecule has 0 saturated carbocycles. The van der Waals surface area contributed by atoms with Crippen molar-refractivity contribution in [2.24, 2.45) is 0 Å². The molecule has 3 heteroatoms. The molecule has 0 radical (unpaired) electrons. The molecule has 0 atom stereocenters. The van der Waals surface area contributed by atoms with Crippen molar-refractivity contribution in [3.63, 3.8) is 0 Å². The molecule has 0 fully saturated rings. The van der Waals surface area contributed by atoms with E-state index in [1.165, 1.54) is 16.7 Å². The van der Waals surface area contributed by atoms with E-state index in [0.29, 0.717) is 6.61 Å². The van der Waals surface area contributed by atoms with Crippen molar-refractivity contribution in [1.82, 2.24) is 9.97 Å². The van der Waals surface area contributed by atoms with Crippen molar-refractivity contribution in [2.45, 2.75) is 40.0 Å². The van der Waals surface area contributed by atoms with Crippen LogP contribution in [0.5, 0.6) is 5.75 Å². The zero-order chi connectivity index (χ0) is 13.7. The predicted octanol–water partition coefficient (Wildman–Crippen LogP) is 3.52. The minimum absolute atomic E-state index is 0.713. The van der Waals surface area contributed by atoms with Gasteiger partial charge >= 0.3 is 0 Å². The van der Waals surface area contributed by atoms with Gasteiger partial charge in [-0.15, -0.1) is 0 Å². The molecule has 0 aliphatic carbocycles. The molecule has 0 aliphatic rings. The molecule has 0 bridgehead atoms. The molecule has 0 spiro atoms. The van der Waals surface area contributed by atoms with Crippen LogP contribution in [0.2, 0.25) is 0 Å². The average Bonchev–Trinajstić information content (AvgIpc) is 2.93. The van der Waals surface area contributed by atoms with Gasteiger partial charge < -0.3 is 9.72 Å². The lowest BCUT2D eigenvalue weighted by molar-refractivity contribution is 0.339. The van der Waals surface area contributed by atoms with E-state index >= 15 is 0 Å². The molecule has 0 saturated heterocycles. The summed E-state index contributed by atoms with van der Waals surface area (Å²) in [4.78, 5) is 7.36. The SMILES string of the molecule is CCOc1cc(CC)c(Cc2c[nH]cn2)c(CC)c1. The van der Waals surface area contributed by atoms with E-state index in [4.69, 9.17) is 4.74 Å². The smallest absolute Gasteiger partial charge is 0.119 e. The van der Waals surface area contributed by atoms with Gasteiger partial charge in [0.2, 0.25) is 0 Å². The third kappa shape index (κ3) is 3.16. The maximum absolute atomic E-state index is 5.66. The number of H-pyrrole nitrogens is 1. The molecule has 2 rings (SSSR count). The van der Waals surface area contributed by atoms with E-state index in [1.54, 1.807) is 6.33 Å². The lowest BCUT2D eigenvalue weighted by Crippen LogP contribution is -2.03. The van der Waals surface area contributed by atoms with Crippen molar-refractivity contribution in [1.29, 1.82) is 0 Å². The Morgan fingerprint density at radius 2 is 1.79 bits per heavy atom. The summed E-state index contributed by atoms with van der Waals surface area (Å²) in [6.45, 7) is 7.12. The van der Waals surface area contributed by atoms with Crippen LogP contribution in [0.4, 0.5) is 0 Å². The molecular formula is C16H22N2O. The van der Waals surface area contributed by atoms with Crippen LogP contribution in [0, 0.1) is 0 Å². The summed E-state index contributed by atoms with van der Waals surface area (Å²) in [7, 11) is 0. The largest absolute Gasteiger partial charge is 0.494 e. The Hall–Kier alpha value is -1.77. The normalized spacial score (nSPS) is 10.7. The van der Waals surface area contributed by atoms with E-state index in [-0.39, 0.29) is 0 Å². The van der Waals surface area contributed by atoms with E-state index in [1.807, 2.05) is 13.1 Å². The number of nitrogens with one attached hydrogen (secondary N) is 1. The topological polar surface area (TPSA) is 37.9 Å². The lowest BCUT2D eigenvalue weighted by Gasteiger charge is -2.15. The van der Waals surface area contributed by atoms with Gasteiger partial charge in [0.1, 0.15) is 5.75 Å². The summed E-state index contributed by atoms with van der Waals surface area (Å²) >= 11 is 0. The molecule has 0 unspecified atom stereocenters. The van der Waals surface area contributed by atoms with Gasteiger partial charge in [0.05, 0.1) is 18.6 Å². The predicted molar refractivity (Wildman–Crippen MR) is 77.8 cm³/mol. The fraction of sp³-hybridized carbons (Fsp3) is 0.438. The maximum Gasteiger partial charge on any atom is 0.119 e. The number of ether oxygens (including phenoxy) is 1. The number of hydrogen-bond donors (Lipinski definition) is 1. The Morgan fingerprint density at radius 1 is 1.11 bits per heavy atom. The number of aromatic nitrogens is 2. The quantitative estimate of drug-likeness (QED) is 0.860. The highest BCUT2D eigenvalue weighted by Crippen LogP contribution is 2.26. The van der Waals surface area contributed by atoms with Gasteiger partial charge in [-0.1, -0.05) is 13.8 Å². The minimum Gasteiger partial charge on any atom is -0.494 e. The number of rotatable bonds is 6. The van der Waals surface area contributed by atoms with Crippen LogP contribution in [-0.4, -0.2) is 16.6 Å². The van der Waals surface area contributed by atoms with E-state index < -0.39 is 0 Å². The number of nitrogens with zero attached hydrogens (tertiary/aromatic N) is 1. The summed E-state index contributed by atoms with van der Waals surface area (Å²) in [6, 6.07) is 4.34. The Bertz CT molecular complexity index is 493. The standard InChI is InChI=1S/C16H22N2O/c1-4-12-7-15(19-6-3)8-13(5-2)16(12)9-14-10-17-11-18-14/h7-8,10-11H,4-6,9H2,1-3H3,(H,17,18). The summed E-state index contributed by atoms with van der Waals surface area (Å²) in [5, 5.41) is 0. The highest BCUT2D eigenvalue weighted by molar-refractivity contribution is 5.44. The molecule has 1 N–H and O–H groups in total. The molecule has 1 aromatic heterocycles. The molecular weight excluding hydrogens is 236 g/mol. The molecule has 2 aromatic rings. The van der Waals surface area contributed by atoms with Crippen molar-refractivity contribution >= 4 is 0 Å². The van der Waals surface area contributed by atoms with Crippen LogP contribution < -0.4 is 4.74 Å². The fourth-order valence-electron chi connectivity index (χ4n) is 2.44. The van der Waals surface area contributed by atoms with Crippen molar-refractivity contribution in [2.75, 3.05) is 6.61 Å². The number of imidazole rings is 1. The van der Waals surface area contributed by atoms with Crippen LogP contribution in [0.15, 0.2) is 24.7 Å². The number of benzene rings is 1. The monoisotopic (exact) mass is 258 g/mol.